The molecular weight excluding hydrogens is 713 g/mol. The van der Waals surface area contributed by atoms with Crippen LogP contribution in [0.4, 0.5) is 0 Å². The Morgan fingerprint density at radius 1 is 0.569 bits per heavy atom. The molecule has 6 nitrogen and oxygen atoms in total. The zero-order chi connectivity index (χ0) is 39.4. The van der Waals surface area contributed by atoms with Crippen molar-refractivity contribution >= 4 is 21.8 Å². The SMILES string of the molecule is C=CC1C[N+]2(Cc3ccc(-c4ccc(C[N+]56CCC(CC5[C@@H](O)c5ccnc7ccccc57)C(C=C)C6)cc4)cc3)CCC1CC2[C@H](O)c1ccnc2ccccc12. The van der Waals surface area contributed by atoms with Crippen LogP contribution in [-0.2, 0) is 13.1 Å². The Balaban J connectivity index is 0.885. The van der Waals surface area contributed by atoms with Gasteiger partial charge in [0, 0.05) is 71.8 Å². The molecule has 2 aromatic heterocycles. The van der Waals surface area contributed by atoms with Gasteiger partial charge in [-0.15, -0.1) is 13.2 Å². The quantitative estimate of drug-likeness (QED) is 0.102. The number of fused-ring (bicyclic) bond motifs is 8. The van der Waals surface area contributed by atoms with Crippen LogP contribution in [0.2, 0.25) is 0 Å². The average molecular weight is 769 g/mol. The molecule has 6 aliphatic rings. The minimum Gasteiger partial charge on any atom is -0.382 e. The smallest absolute Gasteiger partial charge is 0.131 e. The first kappa shape index (κ1) is 37.3. The molecule has 0 amide bonds. The third kappa shape index (κ3) is 6.42. The molecule has 6 aromatic rings. The third-order valence-electron chi connectivity index (χ3n) is 15.3. The summed E-state index contributed by atoms with van der Waals surface area (Å²) in [5.74, 6) is 2.09. The fourth-order valence-electron chi connectivity index (χ4n) is 12.3. The van der Waals surface area contributed by atoms with Gasteiger partial charge in [-0.05, 0) is 58.4 Å². The molecule has 58 heavy (non-hydrogen) atoms. The van der Waals surface area contributed by atoms with E-state index in [2.05, 4.69) is 95.9 Å². The Kier molecular flexibility index (Phi) is 9.65. The Morgan fingerprint density at radius 3 is 1.40 bits per heavy atom. The van der Waals surface area contributed by atoms with Crippen LogP contribution in [0.5, 0.6) is 0 Å². The van der Waals surface area contributed by atoms with Gasteiger partial charge >= 0.3 is 0 Å². The molecule has 12 rings (SSSR count). The lowest BCUT2D eigenvalue weighted by atomic mass is 9.71. The second kappa shape index (κ2) is 15.0. The Labute approximate surface area is 343 Å². The number of aromatic nitrogens is 2. The summed E-state index contributed by atoms with van der Waals surface area (Å²) in [5, 5.41) is 26.5. The lowest BCUT2D eigenvalue weighted by Gasteiger charge is -2.58. The molecule has 4 aromatic carbocycles. The Bertz CT molecular complexity index is 2280. The topological polar surface area (TPSA) is 66.2 Å². The highest BCUT2D eigenvalue weighted by atomic mass is 16.3. The molecule has 10 atom stereocenters. The van der Waals surface area contributed by atoms with Crippen LogP contribution in [0.1, 0.15) is 60.1 Å². The van der Waals surface area contributed by atoms with E-state index in [1.54, 1.807) is 0 Å². The van der Waals surface area contributed by atoms with Gasteiger partial charge in [0.2, 0.25) is 0 Å². The number of quaternary nitrogens is 2. The van der Waals surface area contributed by atoms with Crippen molar-refractivity contribution in [3.8, 4) is 11.1 Å². The minimum atomic E-state index is -0.558. The van der Waals surface area contributed by atoms with Crippen molar-refractivity contribution in [3.05, 3.63) is 169 Å². The van der Waals surface area contributed by atoms with Gasteiger partial charge in [-0.1, -0.05) is 97.1 Å². The Morgan fingerprint density at radius 2 is 0.983 bits per heavy atom. The number of benzene rings is 4. The van der Waals surface area contributed by atoms with Gasteiger partial charge in [0.05, 0.1) is 37.2 Å². The number of nitrogens with zero attached hydrogens (tertiary/aromatic N) is 4. The second-order valence-electron chi connectivity index (χ2n) is 18.2. The summed E-state index contributed by atoms with van der Waals surface area (Å²) in [5.41, 5.74) is 8.93. The first-order valence-corrected chi connectivity index (χ1v) is 21.6. The summed E-state index contributed by atoms with van der Waals surface area (Å²) in [6.07, 6.45) is 11.3. The molecule has 6 heteroatoms. The highest BCUT2D eigenvalue weighted by Gasteiger charge is 2.55. The number of piperidine rings is 6. The molecule has 0 saturated carbocycles. The van der Waals surface area contributed by atoms with Crippen molar-refractivity contribution in [2.45, 2.75) is 63.1 Å². The number of rotatable bonds is 11. The van der Waals surface area contributed by atoms with E-state index in [0.29, 0.717) is 23.7 Å². The molecule has 6 aliphatic heterocycles. The predicted octanol–water partition coefficient (Wildman–Crippen LogP) is 9.74. The van der Waals surface area contributed by atoms with Crippen LogP contribution >= 0.6 is 0 Å². The summed E-state index contributed by atoms with van der Waals surface area (Å²) in [4.78, 5) is 9.18. The molecule has 6 saturated heterocycles. The van der Waals surface area contributed by atoms with E-state index in [-0.39, 0.29) is 12.1 Å². The van der Waals surface area contributed by atoms with E-state index >= 15 is 0 Å². The highest BCUT2D eigenvalue weighted by molar-refractivity contribution is 5.83. The molecule has 6 fully saturated rings. The maximum atomic E-state index is 12.2. The first-order chi connectivity index (χ1) is 28.4. The summed E-state index contributed by atoms with van der Waals surface area (Å²) < 4.78 is 1.78. The zero-order valence-corrected chi connectivity index (χ0v) is 33.5. The van der Waals surface area contributed by atoms with Crippen molar-refractivity contribution in [2.24, 2.45) is 23.7 Å². The maximum Gasteiger partial charge on any atom is 0.131 e. The summed E-state index contributed by atoms with van der Waals surface area (Å²) in [6.45, 7) is 14.5. The van der Waals surface area contributed by atoms with Crippen LogP contribution in [0.3, 0.4) is 0 Å². The number of aliphatic hydroxyl groups is 2. The van der Waals surface area contributed by atoms with Crippen LogP contribution in [0.25, 0.3) is 32.9 Å². The molecule has 0 aliphatic carbocycles. The van der Waals surface area contributed by atoms with Gasteiger partial charge in [0.25, 0.3) is 0 Å². The van der Waals surface area contributed by atoms with Gasteiger partial charge in [-0.3, -0.25) is 9.97 Å². The Hall–Kier alpha value is -4.98. The van der Waals surface area contributed by atoms with Crippen molar-refractivity contribution in [1.82, 2.24) is 9.97 Å². The first-order valence-electron chi connectivity index (χ1n) is 21.6. The molecule has 0 spiro atoms. The highest BCUT2D eigenvalue weighted by Crippen LogP contribution is 2.50. The van der Waals surface area contributed by atoms with Crippen LogP contribution in [0.15, 0.2) is 147 Å². The third-order valence-corrected chi connectivity index (χ3v) is 15.3. The fraction of sp³-hybridized carbons (Fsp3) is 0.346. The van der Waals surface area contributed by atoms with Crippen LogP contribution < -0.4 is 0 Å². The predicted molar refractivity (Wildman–Crippen MR) is 233 cm³/mol. The number of pyridine rings is 2. The van der Waals surface area contributed by atoms with Crippen molar-refractivity contribution in [3.63, 3.8) is 0 Å². The van der Waals surface area contributed by atoms with E-state index in [4.69, 9.17) is 0 Å². The van der Waals surface area contributed by atoms with Gasteiger partial charge in [0.1, 0.15) is 37.4 Å². The van der Waals surface area contributed by atoms with E-state index in [0.717, 1.165) is 94.0 Å². The number of hydrogen-bond acceptors (Lipinski definition) is 4. The van der Waals surface area contributed by atoms with E-state index in [1.165, 1.54) is 35.1 Å². The number of hydrogen-bond donors (Lipinski definition) is 2. The van der Waals surface area contributed by atoms with Crippen molar-refractivity contribution < 1.29 is 19.2 Å². The molecule has 2 N–H and O–H groups in total. The van der Waals surface area contributed by atoms with Crippen LogP contribution in [-0.4, -0.2) is 67.4 Å². The molecule has 4 bridgehead atoms. The second-order valence-corrected chi connectivity index (χ2v) is 18.2. The van der Waals surface area contributed by atoms with Crippen molar-refractivity contribution in [1.29, 1.82) is 0 Å². The number of aliphatic hydroxyl groups excluding tert-OH is 2. The average Bonchev–Trinajstić information content (AvgIpc) is 3.28. The standard InChI is InChI=1S/C52H56N4O2/c1-3-37-33-55(27-23-41(37)29-49(55)51(57)45-21-25-53-47-11-7-5-9-43(45)47)31-35-13-17-39(18-14-35)40-19-15-36(16-20-40)32-56-28-24-42(38(4-2)34-56)30-50(56)52(58)46-22-26-54-48-12-8-6-10-44(46)48/h3-22,25-26,37-38,41-42,49-52,57-58H,1-2,23-24,27-34H2/q+2/t37?,38?,41?,42?,49?,50?,51-,52+,55?,56?. The summed E-state index contributed by atoms with van der Waals surface area (Å²) in [6, 6.07) is 39.1. The van der Waals surface area contributed by atoms with Gasteiger partial charge < -0.3 is 19.2 Å². The zero-order valence-electron chi connectivity index (χ0n) is 33.5. The maximum absolute atomic E-state index is 12.2. The normalized spacial score (nSPS) is 30.0. The van der Waals surface area contributed by atoms with Crippen LogP contribution in [0, 0.1) is 23.7 Å². The lowest BCUT2D eigenvalue weighted by Crippen LogP contribution is -2.67. The molecule has 8 unspecified atom stereocenters. The molecule has 294 valence electrons. The minimum absolute atomic E-state index is 0.122. The monoisotopic (exact) mass is 768 g/mol. The van der Waals surface area contributed by atoms with Gasteiger partial charge in [-0.25, -0.2) is 0 Å². The molecular formula is C52H56N4O2+2. The van der Waals surface area contributed by atoms with E-state index in [1.807, 2.05) is 60.9 Å². The summed E-state index contributed by atoms with van der Waals surface area (Å²) in [7, 11) is 0. The number of para-hydroxylation sites is 2. The largest absolute Gasteiger partial charge is 0.382 e. The molecule has 0 radical (unpaired) electrons. The van der Waals surface area contributed by atoms with Gasteiger partial charge in [0.15, 0.2) is 0 Å². The van der Waals surface area contributed by atoms with E-state index in [9.17, 15) is 10.2 Å². The molecule has 8 heterocycles. The lowest BCUT2D eigenvalue weighted by molar-refractivity contribution is -0.984. The van der Waals surface area contributed by atoms with Gasteiger partial charge in [-0.2, -0.15) is 0 Å². The van der Waals surface area contributed by atoms with Crippen molar-refractivity contribution in [2.75, 3.05) is 26.2 Å². The fourth-order valence-corrected chi connectivity index (χ4v) is 12.3. The summed E-state index contributed by atoms with van der Waals surface area (Å²) >= 11 is 0. The van der Waals surface area contributed by atoms with E-state index < -0.39 is 12.2 Å².